The summed E-state index contributed by atoms with van der Waals surface area (Å²) in [6.45, 7) is 0.210. The summed E-state index contributed by atoms with van der Waals surface area (Å²) in [7, 11) is 0. The number of rotatable bonds is 6. The highest BCUT2D eigenvalue weighted by Crippen LogP contribution is 2.27. The summed E-state index contributed by atoms with van der Waals surface area (Å²) < 4.78 is 0. The molecule has 0 heterocycles. The van der Waals surface area contributed by atoms with Crippen molar-refractivity contribution in [2.24, 2.45) is 0 Å². The molecule has 120 valence electrons. The molecule has 1 aromatic carbocycles. The third-order valence-electron chi connectivity index (χ3n) is 4.05. The molecule has 1 saturated carbocycles. The number of aliphatic hydroxyl groups is 1. The Morgan fingerprint density at radius 2 is 1.68 bits per heavy atom. The maximum absolute atomic E-state index is 11.7. The lowest BCUT2D eigenvalue weighted by Gasteiger charge is -2.32. The molecule has 1 aromatic rings. The zero-order valence-electron chi connectivity index (χ0n) is 12.8. The minimum Gasteiger partial charge on any atom is -0.388 e. The van der Waals surface area contributed by atoms with E-state index in [0.717, 1.165) is 37.7 Å². The summed E-state index contributed by atoms with van der Waals surface area (Å²) in [4.78, 5) is 23.5. The largest absolute Gasteiger partial charge is 0.388 e. The quantitative estimate of drug-likeness (QED) is 0.738. The van der Waals surface area contributed by atoms with Crippen LogP contribution in [0.5, 0.6) is 0 Å². The van der Waals surface area contributed by atoms with Gasteiger partial charge in [-0.25, -0.2) is 0 Å². The summed E-state index contributed by atoms with van der Waals surface area (Å²) in [5, 5.41) is 15.6. The molecule has 22 heavy (non-hydrogen) atoms. The van der Waals surface area contributed by atoms with Crippen molar-refractivity contribution in [3.05, 3.63) is 35.9 Å². The molecule has 5 heteroatoms. The van der Waals surface area contributed by atoms with Gasteiger partial charge in [-0.1, -0.05) is 49.6 Å². The zero-order valence-corrected chi connectivity index (χ0v) is 12.8. The number of benzene rings is 1. The lowest BCUT2D eigenvalue weighted by atomic mass is 9.85. The number of nitrogens with one attached hydrogen (secondary N) is 2. The third kappa shape index (κ3) is 5.48. The molecule has 2 amide bonds. The van der Waals surface area contributed by atoms with Crippen LogP contribution >= 0.6 is 0 Å². The molecule has 0 spiro atoms. The first kappa shape index (κ1) is 16.5. The standard InChI is InChI=1S/C17H24N2O3/c20-15(11-14-7-3-1-4-8-14)18-12-16(21)19-13-17(22)9-5-2-6-10-17/h1,3-4,7-8,22H,2,5-6,9-13H2,(H,18,20)(H,19,21). The van der Waals surface area contributed by atoms with Crippen molar-refractivity contribution >= 4 is 11.8 Å². The molecule has 5 nitrogen and oxygen atoms in total. The van der Waals surface area contributed by atoms with Gasteiger partial charge in [-0.15, -0.1) is 0 Å². The Morgan fingerprint density at radius 3 is 2.36 bits per heavy atom. The summed E-state index contributed by atoms with van der Waals surface area (Å²) >= 11 is 0. The normalized spacial score (nSPS) is 16.8. The third-order valence-corrected chi connectivity index (χ3v) is 4.05. The van der Waals surface area contributed by atoms with Crippen LogP contribution < -0.4 is 10.6 Å². The zero-order chi connectivity index (χ0) is 15.8. The fourth-order valence-electron chi connectivity index (χ4n) is 2.73. The van der Waals surface area contributed by atoms with Gasteiger partial charge in [-0.3, -0.25) is 9.59 Å². The molecule has 0 unspecified atom stereocenters. The minimum absolute atomic E-state index is 0.0538. The Hall–Kier alpha value is -1.88. The molecule has 1 aliphatic rings. The van der Waals surface area contributed by atoms with Crippen LogP contribution in [0.3, 0.4) is 0 Å². The summed E-state index contributed by atoms with van der Waals surface area (Å²) in [5.41, 5.74) is 0.138. The van der Waals surface area contributed by atoms with Crippen LogP contribution in [0, 0.1) is 0 Å². The van der Waals surface area contributed by atoms with Crippen molar-refractivity contribution < 1.29 is 14.7 Å². The Bertz CT molecular complexity index is 496. The lowest BCUT2D eigenvalue weighted by molar-refractivity contribution is -0.126. The molecule has 0 atom stereocenters. The second-order valence-electron chi connectivity index (χ2n) is 6.00. The Morgan fingerprint density at radius 1 is 1.00 bits per heavy atom. The number of carbonyl (C=O) groups excluding carboxylic acids is 2. The first-order valence-electron chi connectivity index (χ1n) is 7.87. The van der Waals surface area contributed by atoms with Gasteiger partial charge < -0.3 is 15.7 Å². The van der Waals surface area contributed by atoms with Gasteiger partial charge in [0.1, 0.15) is 0 Å². The van der Waals surface area contributed by atoms with Crippen LogP contribution in [0.2, 0.25) is 0 Å². The van der Waals surface area contributed by atoms with E-state index in [1.54, 1.807) is 0 Å². The van der Waals surface area contributed by atoms with Crippen LogP contribution in [0.4, 0.5) is 0 Å². The molecule has 0 saturated heterocycles. The average Bonchev–Trinajstić information content (AvgIpc) is 2.53. The highest BCUT2D eigenvalue weighted by atomic mass is 16.3. The highest BCUT2D eigenvalue weighted by Gasteiger charge is 2.29. The Kier molecular flexibility index (Phi) is 5.95. The van der Waals surface area contributed by atoms with Gasteiger partial charge in [0.2, 0.25) is 11.8 Å². The molecule has 3 N–H and O–H groups in total. The maximum atomic E-state index is 11.7. The number of carbonyl (C=O) groups is 2. The highest BCUT2D eigenvalue weighted by molar-refractivity contribution is 5.85. The first-order valence-corrected chi connectivity index (χ1v) is 7.87. The topological polar surface area (TPSA) is 78.4 Å². The van der Waals surface area contributed by atoms with Crippen molar-refractivity contribution in [3.8, 4) is 0 Å². The fourth-order valence-corrected chi connectivity index (χ4v) is 2.73. The van der Waals surface area contributed by atoms with E-state index in [1.807, 2.05) is 30.3 Å². The van der Waals surface area contributed by atoms with Crippen molar-refractivity contribution in [2.45, 2.75) is 44.1 Å². The molecule has 0 aliphatic heterocycles. The van der Waals surface area contributed by atoms with Gasteiger partial charge in [0, 0.05) is 6.54 Å². The van der Waals surface area contributed by atoms with Crippen LogP contribution in [0.25, 0.3) is 0 Å². The number of hydrogen-bond donors (Lipinski definition) is 3. The van der Waals surface area contributed by atoms with E-state index in [4.69, 9.17) is 0 Å². The van der Waals surface area contributed by atoms with Gasteiger partial charge in [-0.2, -0.15) is 0 Å². The van der Waals surface area contributed by atoms with E-state index >= 15 is 0 Å². The van der Waals surface area contributed by atoms with Crippen molar-refractivity contribution in [1.82, 2.24) is 10.6 Å². The van der Waals surface area contributed by atoms with Crippen LogP contribution in [0.15, 0.2) is 30.3 Å². The van der Waals surface area contributed by atoms with E-state index in [9.17, 15) is 14.7 Å². The second-order valence-corrected chi connectivity index (χ2v) is 6.00. The van der Waals surface area contributed by atoms with Gasteiger partial charge in [0.15, 0.2) is 0 Å². The molecule has 2 rings (SSSR count). The number of amides is 2. The van der Waals surface area contributed by atoms with Crippen LogP contribution in [0.1, 0.15) is 37.7 Å². The summed E-state index contributed by atoms with van der Waals surface area (Å²) in [6, 6.07) is 9.39. The summed E-state index contributed by atoms with van der Waals surface area (Å²) in [5.74, 6) is -0.446. The second kappa shape index (κ2) is 7.94. The van der Waals surface area contributed by atoms with Crippen molar-refractivity contribution in [2.75, 3.05) is 13.1 Å². The number of hydrogen-bond acceptors (Lipinski definition) is 3. The smallest absolute Gasteiger partial charge is 0.239 e. The predicted molar refractivity (Wildman–Crippen MR) is 84.2 cm³/mol. The molecule has 1 fully saturated rings. The minimum atomic E-state index is -0.776. The van der Waals surface area contributed by atoms with Crippen LogP contribution in [-0.4, -0.2) is 35.6 Å². The lowest BCUT2D eigenvalue weighted by Crippen LogP contribution is -2.47. The van der Waals surface area contributed by atoms with Gasteiger partial charge in [-0.05, 0) is 18.4 Å². The monoisotopic (exact) mass is 304 g/mol. The summed E-state index contributed by atoms with van der Waals surface area (Å²) in [6.07, 6.45) is 4.87. The molecule has 1 aliphatic carbocycles. The van der Waals surface area contributed by atoms with Crippen molar-refractivity contribution in [1.29, 1.82) is 0 Å². The van der Waals surface area contributed by atoms with Crippen LogP contribution in [-0.2, 0) is 16.0 Å². The SMILES string of the molecule is O=C(CNC(=O)Cc1ccccc1)NCC1(O)CCCCC1. The van der Waals surface area contributed by atoms with E-state index in [2.05, 4.69) is 10.6 Å². The van der Waals surface area contributed by atoms with Gasteiger partial charge >= 0.3 is 0 Å². The van der Waals surface area contributed by atoms with Crippen molar-refractivity contribution in [3.63, 3.8) is 0 Å². The van der Waals surface area contributed by atoms with E-state index in [1.165, 1.54) is 0 Å². The van der Waals surface area contributed by atoms with Gasteiger partial charge in [0.25, 0.3) is 0 Å². The molecule has 0 bridgehead atoms. The molecular weight excluding hydrogens is 280 g/mol. The maximum Gasteiger partial charge on any atom is 0.239 e. The Balaban J connectivity index is 1.66. The average molecular weight is 304 g/mol. The van der Waals surface area contributed by atoms with Gasteiger partial charge in [0.05, 0.1) is 18.6 Å². The predicted octanol–water partition coefficient (Wildman–Crippen LogP) is 1.16. The molecule has 0 aromatic heterocycles. The molecular formula is C17H24N2O3. The van der Waals surface area contributed by atoms with E-state index in [0.29, 0.717) is 0 Å². The Labute approximate surface area is 131 Å². The van der Waals surface area contributed by atoms with E-state index in [-0.39, 0.29) is 31.3 Å². The molecule has 0 radical (unpaired) electrons. The van der Waals surface area contributed by atoms with E-state index < -0.39 is 5.60 Å². The fraction of sp³-hybridized carbons (Fsp3) is 0.529. The first-order chi connectivity index (χ1) is 10.6.